The first-order valence-corrected chi connectivity index (χ1v) is 4.35. The van der Waals surface area contributed by atoms with E-state index in [1.54, 1.807) is 0 Å². The molecule has 9 heavy (non-hydrogen) atoms. The molecule has 2 atom stereocenters. The zero-order valence-corrected chi connectivity index (χ0v) is 7.38. The van der Waals surface area contributed by atoms with Gasteiger partial charge in [0.15, 0.2) is 0 Å². The molecule has 1 heterocycles. The van der Waals surface area contributed by atoms with Crippen molar-refractivity contribution in [1.82, 2.24) is 5.32 Å². The molecule has 0 saturated carbocycles. The second-order valence-corrected chi connectivity index (χ2v) is 5.27. The van der Waals surface area contributed by atoms with E-state index in [1.165, 1.54) is 0 Å². The molecule has 54 valence electrons. The second-order valence-electron chi connectivity index (χ2n) is 3.27. The number of thioether (sulfide) groups is 1. The molecule has 0 aliphatic carbocycles. The highest BCUT2D eigenvalue weighted by Gasteiger charge is 2.33. The Balaban J connectivity index is 2.54. The van der Waals surface area contributed by atoms with Gasteiger partial charge in [-0.25, -0.2) is 0 Å². The first kappa shape index (κ1) is 7.42. The fourth-order valence-electron chi connectivity index (χ4n) is 1.27. The van der Waals surface area contributed by atoms with E-state index < -0.39 is 0 Å². The summed E-state index contributed by atoms with van der Waals surface area (Å²) in [6, 6.07) is 0.671. The summed E-state index contributed by atoms with van der Waals surface area (Å²) < 4.78 is 0. The molecule has 0 unspecified atom stereocenters. The summed E-state index contributed by atoms with van der Waals surface area (Å²) >= 11 is 2.02. The Hall–Kier alpha value is 0.310. The molecule has 1 N–H and O–H groups in total. The van der Waals surface area contributed by atoms with Crippen LogP contribution in [-0.2, 0) is 0 Å². The van der Waals surface area contributed by atoms with E-state index in [0.29, 0.717) is 10.9 Å². The third-order valence-corrected chi connectivity index (χ3v) is 3.25. The summed E-state index contributed by atoms with van der Waals surface area (Å²) in [4.78, 5) is 0.304. The highest BCUT2D eigenvalue weighted by atomic mass is 32.2. The number of rotatable bonds is 0. The lowest BCUT2D eigenvalue weighted by atomic mass is 10.2. The van der Waals surface area contributed by atoms with Gasteiger partial charge in [-0.1, -0.05) is 6.92 Å². The van der Waals surface area contributed by atoms with Crippen molar-refractivity contribution in [3.05, 3.63) is 0 Å². The molecule has 1 nitrogen and oxygen atoms in total. The van der Waals surface area contributed by atoms with Gasteiger partial charge in [0.25, 0.3) is 0 Å². The van der Waals surface area contributed by atoms with Crippen LogP contribution in [-0.4, -0.2) is 16.2 Å². The van der Waals surface area contributed by atoms with Crippen molar-refractivity contribution in [2.45, 2.75) is 43.9 Å². The largest absolute Gasteiger partial charge is 0.300 e. The van der Waals surface area contributed by atoms with Gasteiger partial charge in [0.1, 0.15) is 0 Å². The van der Waals surface area contributed by atoms with Gasteiger partial charge in [-0.05, 0) is 20.8 Å². The van der Waals surface area contributed by atoms with Crippen molar-refractivity contribution in [2.24, 2.45) is 0 Å². The summed E-state index contributed by atoms with van der Waals surface area (Å²) in [5, 5.41) is 4.27. The van der Waals surface area contributed by atoms with Crippen molar-refractivity contribution in [3.63, 3.8) is 0 Å². The van der Waals surface area contributed by atoms with Crippen molar-refractivity contribution in [3.8, 4) is 0 Å². The Bertz CT molecular complexity index is 99.5. The lowest BCUT2D eigenvalue weighted by molar-refractivity contribution is 0.494. The van der Waals surface area contributed by atoms with Crippen LogP contribution >= 0.6 is 11.8 Å². The van der Waals surface area contributed by atoms with Crippen LogP contribution in [0.2, 0.25) is 0 Å². The van der Waals surface area contributed by atoms with Crippen LogP contribution in [0.25, 0.3) is 0 Å². The second kappa shape index (κ2) is 2.17. The molecule has 2 heteroatoms. The summed E-state index contributed by atoms with van der Waals surface area (Å²) in [5.41, 5.74) is 0. The van der Waals surface area contributed by atoms with Crippen LogP contribution in [0, 0.1) is 0 Å². The van der Waals surface area contributed by atoms with Gasteiger partial charge >= 0.3 is 0 Å². The highest BCUT2D eigenvalue weighted by molar-refractivity contribution is 8.01. The minimum atomic E-state index is 0.304. The van der Waals surface area contributed by atoms with Gasteiger partial charge in [-0.2, -0.15) is 0 Å². The van der Waals surface area contributed by atoms with Crippen molar-refractivity contribution in [1.29, 1.82) is 0 Å². The zero-order valence-electron chi connectivity index (χ0n) is 6.56. The van der Waals surface area contributed by atoms with Crippen LogP contribution in [0.1, 0.15) is 27.7 Å². The monoisotopic (exact) mass is 145 g/mol. The molecule has 0 bridgehead atoms. The Labute approximate surface area is 61.6 Å². The Morgan fingerprint density at radius 1 is 1.33 bits per heavy atom. The summed E-state index contributed by atoms with van der Waals surface area (Å²) in [5.74, 6) is 0. The molecule has 1 rings (SSSR count). The van der Waals surface area contributed by atoms with Gasteiger partial charge in [-0.15, -0.1) is 11.8 Å². The first-order chi connectivity index (χ1) is 4.01. The van der Waals surface area contributed by atoms with Gasteiger partial charge in [0, 0.05) is 11.3 Å². The third kappa shape index (κ3) is 1.62. The molecule has 0 aromatic heterocycles. The standard InChI is InChI=1S/C7H15NS/c1-5-6(2)9-7(3,4)8-5/h5-6,8H,1-4H3/t5-,6+/m0/s1. The molecule has 0 aromatic rings. The average molecular weight is 145 g/mol. The lowest BCUT2D eigenvalue weighted by Crippen LogP contribution is -2.35. The van der Waals surface area contributed by atoms with Gasteiger partial charge in [-0.3, -0.25) is 5.32 Å². The SMILES string of the molecule is C[C@@H]1NC(C)(C)S[C@@H]1C. The Morgan fingerprint density at radius 3 is 2.00 bits per heavy atom. The van der Waals surface area contributed by atoms with Crippen molar-refractivity contribution < 1.29 is 0 Å². The summed E-state index contributed by atoms with van der Waals surface area (Å²) in [7, 11) is 0. The van der Waals surface area contributed by atoms with Crippen molar-refractivity contribution >= 4 is 11.8 Å². The maximum Gasteiger partial charge on any atom is 0.0593 e. The van der Waals surface area contributed by atoms with Gasteiger partial charge in [0.2, 0.25) is 0 Å². The van der Waals surface area contributed by atoms with E-state index in [4.69, 9.17) is 0 Å². The fraction of sp³-hybridized carbons (Fsp3) is 1.00. The number of nitrogens with one attached hydrogen (secondary N) is 1. The number of hydrogen-bond donors (Lipinski definition) is 1. The molecule has 1 aliphatic heterocycles. The highest BCUT2D eigenvalue weighted by Crippen LogP contribution is 2.34. The Morgan fingerprint density at radius 2 is 1.89 bits per heavy atom. The van der Waals surface area contributed by atoms with Crippen LogP contribution in [0.15, 0.2) is 0 Å². The molecule has 0 aromatic carbocycles. The van der Waals surface area contributed by atoms with Crippen LogP contribution in [0.5, 0.6) is 0 Å². The Kier molecular flexibility index (Phi) is 1.79. The van der Waals surface area contributed by atoms with E-state index in [9.17, 15) is 0 Å². The van der Waals surface area contributed by atoms with Gasteiger partial charge < -0.3 is 0 Å². The summed E-state index contributed by atoms with van der Waals surface area (Å²) in [6.45, 7) is 8.98. The third-order valence-electron chi connectivity index (χ3n) is 1.76. The predicted molar refractivity (Wildman–Crippen MR) is 43.7 cm³/mol. The lowest BCUT2D eigenvalue weighted by Gasteiger charge is -2.16. The summed E-state index contributed by atoms with van der Waals surface area (Å²) in [6.07, 6.45) is 0. The smallest absolute Gasteiger partial charge is 0.0593 e. The zero-order chi connectivity index (χ0) is 7.07. The van der Waals surface area contributed by atoms with E-state index in [1.807, 2.05) is 11.8 Å². The molecule has 1 fully saturated rings. The normalized spacial score (nSPS) is 41.3. The molecular weight excluding hydrogens is 130 g/mol. The quantitative estimate of drug-likeness (QED) is 0.558. The topological polar surface area (TPSA) is 12.0 Å². The van der Waals surface area contributed by atoms with Crippen molar-refractivity contribution in [2.75, 3.05) is 0 Å². The maximum atomic E-state index is 3.51. The van der Waals surface area contributed by atoms with Gasteiger partial charge in [0.05, 0.1) is 4.87 Å². The maximum absolute atomic E-state index is 3.51. The van der Waals surface area contributed by atoms with E-state index in [0.717, 1.165) is 5.25 Å². The molecule has 0 amide bonds. The van der Waals surface area contributed by atoms with Crippen LogP contribution < -0.4 is 5.32 Å². The first-order valence-electron chi connectivity index (χ1n) is 3.47. The molecule has 1 saturated heterocycles. The minimum absolute atomic E-state index is 0.304. The van der Waals surface area contributed by atoms with E-state index in [2.05, 4.69) is 33.0 Å². The molecular formula is C7H15NS. The average Bonchev–Trinajstić information content (AvgIpc) is 1.79. The molecule has 0 radical (unpaired) electrons. The predicted octanol–water partition coefficient (Wildman–Crippen LogP) is 1.84. The van der Waals surface area contributed by atoms with E-state index >= 15 is 0 Å². The van der Waals surface area contributed by atoms with Crippen LogP contribution in [0.4, 0.5) is 0 Å². The van der Waals surface area contributed by atoms with Crippen LogP contribution in [0.3, 0.4) is 0 Å². The fourth-order valence-corrected chi connectivity index (χ4v) is 2.72. The molecule has 1 aliphatic rings. The minimum Gasteiger partial charge on any atom is -0.300 e. The number of hydrogen-bond acceptors (Lipinski definition) is 2. The van der Waals surface area contributed by atoms with E-state index in [-0.39, 0.29) is 0 Å². The molecule has 0 spiro atoms.